The van der Waals surface area contributed by atoms with Gasteiger partial charge in [0.05, 0.1) is 0 Å². The van der Waals surface area contributed by atoms with E-state index in [0.717, 1.165) is 19.4 Å². The van der Waals surface area contributed by atoms with Crippen LogP contribution in [0, 0.1) is 5.82 Å². The highest BCUT2D eigenvalue weighted by Gasteiger charge is 2.28. The van der Waals surface area contributed by atoms with Gasteiger partial charge in [0, 0.05) is 24.0 Å². The van der Waals surface area contributed by atoms with Crippen molar-refractivity contribution in [3.8, 4) is 0 Å². The zero-order valence-corrected chi connectivity index (χ0v) is 9.58. The lowest BCUT2D eigenvalue weighted by atomic mass is 10.2. The van der Waals surface area contributed by atoms with Crippen LogP contribution < -0.4 is 0 Å². The minimum atomic E-state index is -0.327. The standard InChI is InChI=1S/C12H13ClFNO/c13-8-11-2-1-7-15(11)12(16)9-3-5-10(14)6-4-9/h3-6,11H,1-2,7-8H2/t11-/m0/s1. The summed E-state index contributed by atoms with van der Waals surface area (Å²) in [5.41, 5.74) is 0.526. The Hall–Kier alpha value is -1.09. The number of carbonyl (C=O) groups excluding carboxylic acids is 1. The Bertz CT molecular complexity index is 379. The third-order valence-electron chi connectivity index (χ3n) is 2.91. The molecule has 1 aromatic carbocycles. The Labute approximate surface area is 99.0 Å². The minimum absolute atomic E-state index is 0.0526. The average Bonchev–Trinajstić information content (AvgIpc) is 2.77. The van der Waals surface area contributed by atoms with Crippen LogP contribution in [0.4, 0.5) is 4.39 Å². The summed E-state index contributed by atoms with van der Waals surface area (Å²) in [6.45, 7) is 0.744. The van der Waals surface area contributed by atoms with Gasteiger partial charge in [-0.15, -0.1) is 11.6 Å². The molecule has 2 rings (SSSR count). The SMILES string of the molecule is O=C(c1ccc(F)cc1)N1CCC[C@H]1CCl. The summed E-state index contributed by atoms with van der Waals surface area (Å²) in [5.74, 6) is 0.0856. The maximum Gasteiger partial charge on any atom is 0.254 e. The van der Waals surface area contributed by atoms with Crippen molar-refractivity contribution in [1.82, 2.24) is 4.90 Å². The van der Waals surface area contributed by atoms with E-state index in [1.165, 1.54) is 24.3 Å². The van der Waals surface area contributed by atoms with Crippen LogP contribution in [0.25, 0.3) is 0 Å². The van der Waals surface area contributed by atoms with Crippen LogP contribution in [0.2, 0.25) is 0 Å². The van der Waals surface area contributed by atoms with Crippen LogP contribution in [-0.4, -0.2) is 29.3 Å². The fourth-order valence-corrected chi connectivity index (χ4v) is 2.34. The van der Waals surface area contributed by atoms with Crippen LogP contribution in [0.3, 0.4) is 0 Å². The van der Waals surface area contributed by atoms with E-state index < -0.39 is 0 Å². The monoisotopic (exact) mass is 241 g/mol. The largest absolute Gasteiger partial charge is 0.334 e. The molecule has 4 heteroatoms. The molecule has 1 saturated heterocycles. The molecule has 1 aliphatic heterocycles. The summed E-state index contributed by atoms with van der Waals surface area (Å²) in [7, 11) is 0. The molecule has 0 radical (unpaired) electrons. The summed E-state index contributed by atoms with van der Waals surface area (Å²) in [6.07, 6.45) is 1.95. The molecule has 1 atom stereocenters. The highest BCUT2D eigenvalue weighted by Crippen LogP contribution is 2.21. The quantitative estimate of drug-likeness (QED) is 0.729. The van der Waals surface area contributed by atoms with Gasteiger partial charge in [-0.25, -0.2) is 4.39 Å². The van der Waals surface area contributed by atoms with E-state index in [1.54, 1.807) is 4.90 Å². The van der Waals surface area contributed by atoms with Gasteiger partial charge < -0.3 is 4.90 Å². The number of likely N-dealkylation sites (tertiary alicyclic amines) is 1. The lowest BCUT2D eigenvalue weighted by molar-refractivity contribution is 0.0749. The predicted molar refractivity (Wildman–Crippen MR) is 61.2 cm³/mol. The summed E-state index contributed by atoms with van der Waals surface area (Å²) < 4.78 is 12.7. The van der Waals surface area contributed by atoms with Gasteiger partial charge in [-0.2, -0.15) is 0 Å². The summed E-state index contributed by atoms with van der Waals surface area (Å²) >= 11 is 5.81. The van der Waals surface area contributed by atoms with E-state index in [4.69, 9.17) is 11.6 Å². The van der Waals surface area contributed by atoms with Gasteiger partial charge in [0.15, 0.2) is 0 Å². The number of carbonyl (C=O) groups is 1. The molecule has 1 aromatic rings. The van der Waals surface area contributed by atoms with Gasteiger partial charge >= 0.3 is 0 Å². The first-order valence-electron chi connectivity index (χ1n) is 5.35. The molecule has 16 heavy (non-hydrogen) atoms. The Kier molecular flexibility index (Phi) is 3.44. The van der Waals surface area contributed by atoms with Crippen molar-refractivity contribution in [3.05, 3.63) is 35.6 Å². The van der Waals surface area contributed by atoms with Crippen molar-refractivity contribution >= 4 is 17.5 Å². The molecular formula is C12H13ClFNO. The van der Waals surface area contributed by atoms with Gasteiger partial charge in [-0.1, -0.05) is 0 Å². The Morgan fingerprint density at radius 2 is 2.12 bits per heavy atom. The highest BCUT2D eigenvalue weighted by atomic mass is 35.5. The lowest BCUT2D eigenvalue weighted by Crippen LogP contribution is -2.36. The molecule has 1 fully saturated rings. The summed E-state index contributed by atoms with van der Waals surface area (Å²) in [5, 5.41) is 0. The zero-order valence-electron chi connectivity index (χ0n) is 8.83. The van der Waals surface area contributed by atoms with Crippen molar-refractivity contribution in [3.63, 3.8) is 0 Å². The maximum atomic E-state index is 12.7. The van der Waals surface area contributed by atoms with Crippen LogP contribution in [-0.2, 0) is 0 Å². The van der Waals surface area contributed by atoms with Gasteiger partial charge in [-0.3, -0.25) is 4.79 Å². The fourth-order valence-electron chi connectivity index (χ4n) is 2.02. The molecule has 1 amide bonds. The van der Waals surface area contributed by atoms with E-state index >= 15 is 0 Å². The second kappa shape index (κ2) is 4.83. The molecule has 0 saturated carbocycles. The maximum absolute atomic E-state index is 12.7. The number of hydrogen-bond donors (Lipinski definition) is 0. The number of rotatable bonds is 2. The van der Waals surface area contributed by atoms with Gasteiger partial charge in [0.2, 0.25) is 0 Å². The summed E-state index contributed by atoms with van der Waals surface area (Å²) in [6, 6.07) is 5.76. The molecule has 0 unspecified atom stereocenters. The van der Waals surface area contributed by atoms with E-state index in [9.17, 15) is 9.18 Å². The number of amides is 1. The Balaban J connectivity index is 2.15. The molecule has 1 aliphatic rings. The smallest absolute Gasteiger partial charge is 0.254 e. The van der Waals surface area contributed by atoms with Crippen molar-refractivity contribution < 1.29 is 9.18 Å². The summed E-state index contributed by atoms with van der Waals surface area (Å²) in [4.78, 5) is 13.9. The molecular weight excluding hydrogens is 229 g/mol. The number of alkyl halides is 1. The molecule has 86 valence electrons. The second-order valence-corrected chi connectivity index (χ2v) is 4.26. The third-order valence-corrected chi connectivity index (χ3v) is 3.26. The van der Waals surface area contributed by atoms with Crippen LogP contribution >= 0.6 is 11.6 Å². The lowest BCUT2D eigenvalue weighted by Gasteiger charge is -2.22. The molecule has 0 spiro atoms. The van der Waals surface area contributed by atoms with Gasteiger partial charge in [0.1, 0.15) is 5.82 Å². The average molecular weight is 242 g/mol. The number of nitrogens with zero attached hydrogens (tertiary/aromatic N) is 1. The molecule has 1 heterocycles. The Morgan fingerprint density at radius 1 is 1.44 bits per heavy atom. The predicted octanol–water partition coefficient (Wildman–Crippen LogP) is 2.67. The van der Waals surface area contributed by atoms with Crippen LogP contribution in [0.1, 0.15) is 23.2 Å². The molecule has 0 aromatic heterocycles. The first-order chi connectivity index (χ1) is 7.72. The normalized spacial score (nSPS) is 20.1. The van der Waals surface area contributed by atoms with Gasteiger partial charge in [0.25, 0.3) is 5.91 Å². The second-order valence-electron chi connectivity index (χ2n) is 3.96. The van der Waals surface area contributed by atoms with Crippen molar-refractivity contribution in [2.75, 3.05) is 12.4 Å². The van der Waals surface area contributed by atoms with Crippen molar-refractivity contribution in [2.45, 2.75) is 18.9 Å². The van der Waals surface area contributed by atoms with Crippen molar-refractivity contribution in [1.29, 1.82) is 0 Å². The molecule has 0 N–H and O–H groups in total. The topological polar surface area (TPSA) is 20.3 Å². The number of hydrogen-bond acceptors (Lipinski definition) is 1. The van der Waals surface area contributed by atoms with E-state index in [-0.39, 0.29) is 17.8 Å². The highest BCUT2D eigenvalue weighted by molar-refractivity contribution is 6.18. The molecule has 0 bridgehead atoms. The van der Waals surface area contributed by atoms with E-state index in [0.29, 0.717) is 11.4 Å². The third kappa shape index (κ3) is 2.19. The minimum Gasteiger partial charge on any atom is -0.334 e. The van der Waals surface area contributed by atoms with E-state index in [1.807, 2.05) is 0 Å². The first-order valence-corrected chi connectivity index (χ1v) is 5.88. The number of halogens is 2. The zero-order chi connectivity index (χ0) is 11.5. The Morgan fingerprint density at radius 3 is 2.75 bits per heavy atom. The first kappa shape index (κ1) is 11.4. The van der Waals surface area contributed by atoms with Crippen molar-refractivity contribution in [2.24, 2.45) is 0 Å². The van der Waals surface area contributed by atoms with Crippen LogP contribution in [0.5, 0.6) is 0 Å². The molecule has 2 nitrogen and oxygen atoms in total. The van der Waals surface area contributed by atoms with Gasteiger partial charge in [-0.05, 0) is 37.1 Å². The number of benzene rings is 1. The fraction of sp³-hybridized carbons (Fsp3) is 0.417. The van der Waals surface area contributed by atoms with Crippen LogP contribution in [0.15, 0.2) is 24.3 Å². The van der Waals surface area contributed by atoms with E-state index in [2.05, 4.69) is 0 Å². The molecule has 0 aliphatic carbocycles.